The lowest BCUT2D eigenvalue weighted by atomic mass is 10.1. The van der Waals surface area contributed by atoms with Crippen LogP contribution in [0.25, 0.3) is 0 Å². The summed E-state index contributed by atoms with van der Waals surface area (Å²) in [5, 5.41) is 9.48. The number of aromatic nitrogens is 2. The molecule has 1 aromatic rings. The zero-order chi connectivity index (χ0) is 12.3. The van der Waals surface area contributed by atoms with Crippen molar-refractivity contribution in [1.29, 1.82) is 0 Å². The first kappa shape index (κ1) is 12.2. The lowest BCUT2D eigenvalue weighted by Crippen LogP contribution is -2.33. The average Bonchev–Trinajstić information content (AvgIpc) is 2.60. The molecule has 0 spiro atoms. The summed E-state index contributed by atoms with van der Waals surface area (Å²) in [6, 6.07) is 0. The number of nitrogens with zero attached hydrogens (tertiary/aromatic N) is 4. The molecule has 0 unspecified atom stereocenters. The SMILES string of the molecule is CN(N=Nc1nc[nH]c1C(N)=O)C(C)(C)C. The Labute approximate surface area is 93.7 Å². The molecule has 1 amide bonds. The third kappa shape index (κ3) is 2.78. The van der Waals surface area contributed by atoms with E-state index >= 15 is 0 Å². The fraction of sp³-hybridized carbons (Fsp3) is 0.556. The van der Waals surface area contributed by atoms with Crippen LogP contribution in [0.2, 0.25) is 0 Å². The Bertz CT molecular complexity index is 402. The fourth-order valence-electron chi connectivity index (χ4n) is 0.788. The molecule has 1 rings (SSSR count). The molecule has 3 N–H and O–H groups in total. The van der Waals surface area contributed by atoms with Gasteiger partial charge in [0.15, 0.2) is 5.69 Å². The molecular formula is C9H16N6O. The summed E-state index contributed by atoms with van der Waals surface area (Å²) in [4.78, 5) is 17.4. The number of carbonyl (C=O) groups excluding carboxylic acids is 1. The highest BCUT2D eigenvalue weighted by atomic mass is 16.1. The molecule has 0 aliphatic heterocycles. The number of imidazole rings is 1. The molecule has 0 saturated heterocycles. The van der Waals surface area contributed by atoms with Gasteiger partial charge in [0.05, 0.1) is 11.9 Å². The van der Waals surface area contributed by atoms with E-state index in [2.05, 4.69) is 20.3 Å². The number of primary amides is 1. The molecule has 7 heteroatoms. The third-order valence-corrected chi connectivity index (χ3v) is 2.11. The molecule has 16 heavy (non-hydrogen) atoms. The second-order valence-corrected chi connectivity index (χ2v) is 4.35. The maximum Gasteiger partial charge on any atom is 0.269 e. The minimum Gasteiger partial charge on any atom is -0.364 e. The Balaban J connectivity index is 2.85. The second kappa shape index (κ2) is 4.30. The van der Waals surface area contributed by atoms with Crippen LogP contribution in [0.3, 0.4) is 0 Å². The van der Waals surface area contributed by atoms with Crippen molar-refractivity contribution in [2.75, 3.05) is 7.05 Å². The van der Waals surface area contributed by atoms with E-state index in [1.807, 2.05) is 20.8 Å². The Hall–Kier alpha value is -1.92. The molecule has 1 heterocycles. The molecule has 1 aromatic heterocycles. The van der Waals surface area contributed by atoms with Gasteiger partial charge in [-0.1, -0.05) is 5.22 Å². The molecule has 0 aromatic carbocycles. The van der Waals surface area contributed by atoms with E-state index in [4.69, 9.17) is 5.73 Å². The van der Waals surface area contributed by atoms with Crippen LogP contribution in [0, 0.1) is 0 Å². The lowest BCUT2D eigenvalue weighted by Gasteiger charge is -2.27. The van der Waals surface area contributed by atoms with Gasteiger partial charge in [-0.15, -0.1) is 5.11 Å². The molecular weight excluding hydrogens is 208 g/mol. The van der Waals surface area contributed by atoms with Gasteiger partial charge in [0.2, 0.25) is 5.82 Å². The van der Waals surface area contributed by atoms with Crippen LogP contribution < -0.4 is 5.73 Å². The topological polar surface area (TPSA) is 99.7 Å². The number of rotatable bonds is 3. The van der Waals surface area contributed by atoms with E-state index in [9.17, 15) is 4.79 Å². The van der Waals surface area contributed by atoms with Crippen LogP contribution in [0.15, 0.2) is 16.7 Å². The van der Waals surface area contributed by atoms with Crippen molar-refractivity contribution in [2.45, 2.75) is 26.3 Å². The molecule has 0 aliphatic rings. The minimum absolute atomic E-state index is 0.146. The third-order valence-electron chi connectivity index (χ3n) is 2.11. The highest BCUT2D eigenvalue weighted by Gasteiger charge is 2.16. The van der Waals surface area contributed by atoms with Crippen molar-refractivity contribution in [1.82, 2.24) is 15.0 Å². The fourth-order valence-corrected chi connectivity index (χ4v) is 0.788. The predicted molar refractivity (Wildman–Crippen MR) is 59.1 cm³/mol. The maximum atomic E-state index is 11.0. The smallest absolute Gasteiger partial charge is 0.269 e. The first-order valence-electron chi connectivity index (χ1n) is 4.81. The highest BCUT2D eigenvalue weighted by Crippen LogP contribution is 2.16. The molecule has 0 bridgehead atoms. The number of hydrogen-bond donors (Lipinski definition) is 2. The zero-order valence-electron chi connectivity index (χ0n) is 9.85. The number of nitrogens with two attached hydrogens (primary N) is 1. The Morgan fingerprint density at radius 2 is 2.19 bits per heavy atom. The van der Waals surface area contributed by atoms with Crippen LogP contribution in [-0.2, 0) is 0 Å². The van der Waals surface area contributed by atoms with Crippen molar-refractivity contribution in [3.8, 4) is 0 Å². The predicted octanol–water partition coefficient (Wildman–Crippen LogP) is 1.24. The summed E-state index contributed by atoms with van der Waals surface area (Å²) >= 11 is 0. The summed E-state index contributed by atoms with van der Waals surface area (Å²) in [5.74, 6) is -0.409. The first-order valence-corrected chi connectivity index (χ1v) is 4.81. The van der Waals surface area contributed by atoms with Gasteiger partial charge in [0.25, 0.3) is 5.91 Å². The van der Waals surface area contributed by atoms with Gasteiger partial charge in [0.1, 0.15) is 0 Å². The van der Waals surface area contributed by atoms with E-state index in [0.29, 0.717) is 0 Å². The van der Waals surface area contributed by atoms with E-state index in [-0.39, 0.29) is 17.1 Å². The zero-order valence-corrected chi connectivity index (χ0v) is 9.85. The Kier molecular flexibility index (Phi) is 3.26. The summed E-state index contributed by atoms with van der Waals surface area (Å²) in [5.41, 5.74) is 5.14. The summed E-state index contributed by atoms with van der Waals surface area (Å²) < 4.78 is 0. The molecule has 0 saturated carbocycles. The minimum atomic E-state index is -0.607. The molecule has 7 nitrogen and oxygen atoms in total. The summed E-state index contributed by atoms with van der Waals surface area (Å²) in [7, 11) is 1.79. The van der Waals surface area contributed by atoms with Crippen LogP contribution in [-0.4, -0.2) is 33.5 Å². The quantitative estimate of drug-likeness (QED) is 0.596. The molecule has 88 valence electrons. The Morgan fingerprint density at radius 3 is 2.69 bits per heavy atom. The number of H-pyrrole nitrogens is 1. The van der Waals surface area contributed by atoms with Gasteiger partial charge in [-0.2, -0.15) is 0 Å². The number of nitrogens with one attached hydrogen (secondary N) is 1. The number of hydrogen-bond acceptors (Lipinski definition) is 4. The largest absolute Gasteiger partial charge is 0.364 e. The van der Waals surface area contributed by atoms with Gasteiger partial charge in [-0.25, -0.2) is 4.98 Å². The van der Waals surface area contributed by atoms with Crippen LogP contribution >= 0.6 is 0 Å². The normalized spacial score (nSPS) is 12.0. The number of amides is 1. The van der Waals surface area contributed by atoms with E-state index < -0.39 is 5.91 Å². The van der Waals surface area contributed by atoms with Crippen molar-refractivity contribution in [3.05, 3.63) is 12.0 Å². The van der Waals surface area contributed by atoms with Crippen molar-refractivity contribution < 1.29 is 4.79 Å². The molecule has 0 atom stereocenters. The monoisotopic (exact) mass is 224 g/mol. The van der Waals surface area contributed by atoms with Gasteiger partial charge >= 0.3 is 0 Å². The standard InChI is InChI=1S/C9H16N6O/c1-9(2,3)15(4)14-13-8-6(7(10)16)11-5-12-8/h5H,1-4H3,(H2,10,16)(H,11,12). The average molecular weight is 224 g/mol. The lowest BCUT2D eigenvalue weighted by molar-refractivity contribution is 0.0996. The summed E-state index contributed by atoms with van der Waals surface area (Å²) in [6.07, 6.45) is 1.35. The molecule has 0 fully saturated rings. The van der Waals surface area contributed by atoms with Gasteiger partial charge in [-0.05, 0) is 20.8 Å². The van der Waals surface area contributed by atoms with E-state index in [0.717, 1.165) is 0 Å². The first-order chi connectivity index (χ1) is 7.32. The van der Waals surface area contributed by atoms with Gasteiger partial charge < -0.3 is 10.7 Å². The van der Waals surface area contributed by atoms with E-state index in [1.165, 1.54) is 6.33 Å². The maximum absolute atomic E-state index is 11.0. The Morgan fingerprint density at radius 1 is 1.56 bits per heavy atom. The van der Waals surface area contributed by atoms with Gasteiger partial charge in [-0.3, -0.25) is 9.80 Å². The summed E-state index contributed by atoms with van der Waals surface area (Å²) in [6.45, 7) is 5.97. The van der Waals surface area contributed by atoms with Crippen LogP contribution in [0.4, 0.5) is 5.82 Å². The van der Waals surface area contributed by atoms with Crippen molar-refractivity contribution in [3.63, 3.8) is 0 Å². The van der Waals surface area contributed by atoms with Gasteiger partial charge in [0, 0.05) is 7.05 Å². The second-order valence-electron chi connectivity index (χ2n) is 4.35. The van der Waals surface area contributed by atoms with Crippen molar-refractivity contribution in [2.24, 2.45) is 16.1 Å². The highest BCUT2D eigenvalue weighted by molar-refractivity contribution is 5.94. The van der Waals surface area contributed by atoms with Crippen molar-refractivity contribution >= 4 is 11.7 Å². The molecule has 0 radical (unpaired) electrons. The molecule has 0 aliphatic carbocycles. The number of carbonyl (C=O) groups is 1. The number of aromatic amines is 1. The van der Waals surface area contributed by atoms with Crippen LogP contribution in [0.1, 0.15) is 31.3 Å². The van der Waals surface area contributed by atoms with E-state index in [1.54, 1.807) is 12.1 Å². The van der Waals surface area contributed by atoms with Crippen LogP contribution in [0.5, 0.6) is 0 Å².